The third-order valence-electron chi connectivity index (χ3n) is 3.30. The third-order valence-corrected chi connectivity index (χ3v) is 3.30. The van der Waals surface area contributed by atoms with Gasteiger partial charge in [-0.1, -0.05) is 0 Å². The summed E-state index contributed by atoms with van der Waals surface area (Å²) in [6.07, 6.45) is 3.21. The van der Waals surface area contributed by atoms with Crippen LogP contribution in [0.2, 0.25) is 0 Å². The summed E-state index contributed by atoms with van der Waals surface area (Å²) in [6, 6.07) is 7.44. The van der Waals surface area contributed by atoms with Gasteiger partial charge in [0.1, 0.15) is 5.82 Å². The van der Waals surface area contributed by atoms with E-state index in [2.05, 4.69) is 15.6 Å². The van der Waals surface area contributed by atoms with E-state index in [-0.39, 0.29) is 12.6 Å². The van der Waals surface area contributed by atoms with Gasteiger partial charge in [-0.25, -0.2) is 9.78 Å². The fraction of sp³-hybridized carbons (Fsp3) is 0.375. The summed E-state index contributed by atoms with van der Waals surface area (Å²) in [6.45, 7) is 0.699. The monoisotopic (exact) mass is 302 g/mol. The van der Waals surface area contributed by atoms with E-state index < -0.39 is 0 Å². The Kier molecular flexibility index (Phi) is 5.55. The molecule has 118 valence electrons. The molecule has 0 radical (unpaired) electrons. The van der Waals surface area contributed by atoms with Crippen LogP contribution >= 0.6 is 0 Å². The van der Waals surface area contributed by atoms with E-state index in [0.717, 1.165) is 28.7 Å². The van der Waals surface area contributed by atoms with Gasteiger partial charge in [0.15, 0.2) is 0 Å². The van der Waals surface area contributed by atoms with Crippen molar-refractivity contribution in [2.45, 2.75) is 12.8 Å². The second-order valence-electron chi connectivity index (χ2n) is 5.28. The molecule has 2 aromatic rings. The highest BCUT2D eigenvalue weighted by Gasteiger charge is 2.06. The summed E-state index contributed by atoms with van der Waals surface area (Å²) in [5.74, 6) is 0.900. The first-order valence-electron chi connectivity index (χ1n) is 7.33. The summed E-state index contributed by atoms with van der Waals surface area (Å²) < 4.78 is 0. The van der Waals surface area contributed by atoms with Crippen molar-refractivity contribution in [2.24, 2.45) is 0 Å². The number of fused-ring (bicyclic) bond motifs is 1. The number of aliphatic hydroxyl groups excluding tert-OH is 1. The van der Waals surface area contributed by atoms with Crippen LogP contribution in [0.15, 0.2) is 30.5 Å². The van der Waals surface area contributed by atoms with E-state index >= 15 is 0 Å². The van der Waals surface area contributed by atoms with Gasteiger partial charge in [-0.3, -0.25) is 0 Å². The molecule has 6 nitrogen and oxygen atoms in total. The number of unbranched alkanes of at least 4 members (excludes halogenated alkanes) is 1. The van der Waals surface area contributed by atoms with Crippen molar-refractivity contribution in [3.05, 3.63) is 30.5 Å². The summed E-state index contributed by atoms with van der Waals surface area (Å²) in [5.41, 5.74) is 0.739. The van der Waals surface area contributed by atoms with E-state index in [1.54, 1.807) is 6.20 Å². The number of amides is 2. The number of nitrogens with one attached hydrogen (secondary N) is 2. The summed E-state index contributed by atoms with van der Waals surface area (Å²) >= 11 is 0. The zero-order chi connectivity index (χ0) is 15.9. The number of rotatable bonds is 6. The van der Waals surface area contributed by atoms with Crippen LogP contribution in [0, 0.1) is 0 Å². The fourth-order valence-electron chi connectivity index (χ4n) is 2.21. The Morgan fingerprint density at radius 1 is 1.27 bits per heavy atom. The average molecular weight is 302 g/mol. The molecule has 0 saturated carbocycles. The number of anilines is 2. The lowest BCUT2D eigenvalue weighted by atomic mass is 10.1. The van der Waals surface area contributed by atoms with E-state index in [9.17, 15) is 4.79 Å². The van der Waals surface area contributed by atoms with Crippen molar-refractivity contribution in [1.29, 1.82) is 0 Å². The number of hydrogen-bond donors (Lipinski definition) is 3. The van der Waals surface area contributed by atoms with Crippen molar-refractivity contribution in [3.63, 3.8) is 0 Å². The molecule has 0 aliphatic heterocycles. The van der Waals surface area contributed by atoms with Gasteiger partial charge >= 0.3 is 6.03 Å². The molecule has 2 rings (SSSR count). The molecule has 1 heterocycles. The molecule has 1 aromatic heterocycles. The Bertz CT molecular complexity index is 643. The average Bonchev–Trinajstić information content (AvgIpc) is 2.50. The highest BCUT2D eigenvalue weighted by atomic mass is 16.3. The fourth-order valence-corrected chi connectivity index (χ4v) is 2.21. The van der Waals surface area contributed by atoms with Crippen LogP contribution in [0.1, 0.15) is 12.8 Å². The first kappa shape index (κ1) is 16.0. The van der Waals surface area contributed by atoms with Crippen molar-refractivity contribution in [1.82, 2.24) is 10.3 Å². The summed E-state index contributed by atoms with van der Waals surface area (Å²) in [4.78, 5) is 18.1. The van der Waals surface area contributed by atoms with Gasteiger partial charge < -0.3 is 20.6 Å². The van der Waals surface area contributed by atoms with Crippen LogP contribution in [0.4, 0.5) is 16.3 Å². The lowest BCUT2D eigenvalue weighted by Crippen LogP contribution is -2.29. The topological polar surface area (TPSA) is 77.5 Å². The van der Waals surface area contributed by atoms with Gasteiger partial charge in [0.25, 0.3) is 0 Å². The molecule has 3 N–H and O–H groups in total. The number of carbonyl (C=O) groups excluding carboxylic acids is 1. The van der Waals surface area contributed by atoms with Gasteiger partial charge in [0.05, 0.1) is 0 Å². The molecule has 22 heavy (non-hydrogen) atoms. The first-order chi connectivity index (χ1) is 10.6. The lowest BCUT2D eigenvalue weighted by Gasteiger charge is -2.14. The SMILES string of the molecule is CN(C)c1nccc2cc(NC(=O)NCCCCO)ccc12. The van der Waals surface area contributed by atoms with Crippen molar-refractivity contribution in [3.8, 4) is 0 Å². The van der Waals surface area contributed by atoms with Crippen molar-refractivity contribution in [2.75, 3.05) is 37.5 Å². The molecule has 0 saturated heterocycles. The number of pyridine rings is 1. The van der Waals surface area contributed by atoms with Crippen molar-refractivity contribution < 1.29 is 9.90 Å². The number of nitrogens with zero attached hydrogens (tertiary/aromatic N) is 2. The largest absolute Gasteiger partial charge is 0.396 e. The minimum atomic E-state index is -0.237. The minimum absolute atomic E-state index is 0.149. The number of benzene rings is 1. The quantitative estimate of drug-likeness (QED) is 0.715. The Morgan fingerprint density at radius 2 is 2.09 bits per heavy atom. The first-order valence-corrected chi connectivity index (χ1v) is 7.33. The van der Waals surface area contributed by atoms with Crippen LogP contribution in [0.25, 0.3) is 10.8 Å². The normalized spacial score (nSPS) is 10.5. The maximum atomic E-state index is 11.8. The predicted molar refractivity (Wildman–Crippen MR) is 89.4 cm³/mol. The Hall–Kier alpha value is -2.34. The molecule has 0 spiro atoms. The third kappa shape index (κ3) is 4.08. The van der Waals surface area contributed by atoms with E-state index in [1.165, 1.54) is 0 Å². The van der Waals surface area contributed by atoms with E-state index in [1.807, 2.05) is 43.3 Å². The van der Waals surface area contributed by atoms with Gasteiger partial charge in [-0.05, 0) is 42.5 Å². The molecular formula is C16H22N4O2. The lowest BCUT2D eigenvalue weighted by molar-refractivity contribution is 0.250. The predicted octanol–water partition coefficient (Wildman–Crippen LogP) is 2.19. The van der Waals surface area contributed by atoms with Crippen LogP contribution in [0.3, 0.4) is 0 Å². The van der Waals surface area contributed by atoms with Gasteiger partial charge in [0, 0.05) is 44.5 Å². The number of hydrogen-bond acceptors (Lipinski definition) is 4. The van der Waals surface area contributed by atoms with Crippen LogP contribution in [0.5, 0.6) is 0 Å². The zero-order valence-electron chi connectivity index (χ0n) is 13.0. The molecule has 0 fully saturated rings. The summed E-state index contributed by atoms with van der Waals surface area (Å²) in [5, 5.41) is 16.3. The molecule has 0 aliphatic rings. The molecule has 1 aromatic carbocycles. The number of urea groups is 1. The van der Waals surface area contributed by atoms with E-state index in [0.29, 0.717) is 13.0 Å². The van der Waals surface area contributed by atoms with Gasteiger partial charge in [-0.2, -0.15) is 0 Å². The number of aromatic nitrogens is 1. The number of carbonyl (C=O) groups is 1. The molecule has 0 unspecified atom stereocenters. The number of aliphatic hydroxyl groups is 1. The Labute approximate surface area is 130 Å². The van der Waals surface area contributed by atoms with Crippen molar-refractivity contribution >= 4 is 28.3 Å². The van der Waals surface area contributed by atoms with E-state index in [4.69, 9.17) is 5.11 Å². The molecule has 0 aliphatic carbocycles. The van der Waals surface area contributed by atoms with Gasteiger partial charge in [-0.15, -0.1) is 0 Å². The molecule has 2 amide bonds. The molecule has 0 bridgehead atoms. The minimum Gasteiger partial charge on any atom is -0.396 e. The Balaban J connectivity index is 2.05. The second-order valence-corrected chi connectivity index (χ2v) is 5.28. The maximum absolute atomic E-state index is 11.8. The summed E-state index contributed by atoms with van der Waals surface area (Å²) in [7, 11) is 3.90. The molecular weight excluding hydrogens is 280 g/mol. The van der Waals surface area contributed by atoms with Crippen LogP contribution < -0.4 is 15.5 Å². The highest BCUT2D eigenvalue weighted by Crippen LogP contribution is 2.25. The van der Waals surface area contributed by atoms with Crippen LogP contribution in [-0.2, 0) is 0 Å². The molecule has 6 heteroatoms. The standard InChI is InChI=1S/C16H22N4O2/c1-20(2)15-14-6-5-13(11-12(14)7-9-17-15)19-16(22)18-8-3-4-10-21/h5-7,9,11,21H,3-4,8,10H2,1-2H3,(H2,18,19,22). The van der Waals surface area contributed by atoms with Crippen LogP contribution in [-0.4, -0.2) is 43.4 Å². The smallest absolute Gasteiger partial charge is 0.319 e. The second kappa shape index (κ2) is 7.61. The zero-order valence-corrected chi connectivity index (χ0v) is 13.0. The van der Waals surface area contributed by atoms with Gasteiger partial charge in [0.2, 0.25) is 0 Å². The molecule has 0 atom stereocenters. The highest BCUT2D eigenvalue weighted by molar-refractivity contribution is 5.97. The maximum Gasteiger partial charge on any atom is 0.319 e. The Morgan fingerprint density at radius 3 is 2.82 bits per heavy atom.